The van der Waals surface area contributed by atoms with E-state index in [0.717, 1.165) is 5.56 Å². The topological polar surface area (TPSA) is 46.3 Å². The molecule has 3 nitrogen and oxygen atoms in total. The second kappa shape index (κ2) is 8.11. The van der Waals surface area contributed by atoms with Crippen molar-refractivity contribution in [2.24, 2.45) is 11.7 Å². The summed E-state index contributed by atoms with van der Waals surface area (Å²) >= 11 is 0. The Morgan fingerprint density at radius 3 is 2.22 bits per heavy atom. The number of nitrogens with zero attached hydrogens (tertiary/aromatic N) is 1. The van der Waals surface area contributed by atoms with Crippen LogP contribution >= 0.6 is 12.4 Å². The average Bonchev–Trinajstić information content (AvgIpc) is 2.35. The highest BCUT2D eigenvalue weighted by Gasteiger charge is 2.21. The molecular weight excluding hydrogens is 248 g/mol. The van der Waals surface area contributed by atoms with Gasteiger partial charge in [-0.1, -0.05) is 37.3 Å². The molecule has 0 bridgehead atoms. The predicted molar refractivity (Wildman–Crippen MR) is 77.6 cm³/mol. The molecule has 4 heteroatoms. The molecule has 0 saturated carbocycles. The van der Waals surface area contributed by atoms with E-state index in [-0.39, 0.29) is 30.3 Å². The Balaban J connectivity index is 0.00000289. The first-order valence-electron chi connectivity index (χ1n) is 6.10. The fraction of sp³-hybridized carbons (Fsp3) is 0.500. The molecule has 102 valence electrons. The molecule has 1 amide bonds. The van der Waals surface area contributed by atoms with Gasteiger partial charge >= 0.3 is 0 Å². The zero-order valence-corrected chi connectivity index (χ0v) is 12.1. The summed E-state index contributed by atoms with van der Waals surface area (Å²) in [6, 6.07) is 10.2. The van der Waals surface area contributed by atoms with Crippen LogP contribution in [0.1, 0.15) is 26.3 Å². The standard InChI is InChI=1S/C14H22N2O.ClH/c1-11(2)16(14(17)12(3)9-15)10-13-7-5-4-6-8-13;/h4-8,11-12H,9-10,15H2,1-3H3;1H. The summed E-state index contributed by atoms with van der Waals surface area (Å²) in [4.78, 5) is 14.0. The molecule has 0 aliphatic rings. The zero-order valence-electron chi connectivity index (χ0n) is 11.3. The number of hydrogen-bond acceptors (Lipinski definition) is 2. The molecule has 1 atom stereocenters. The predicted octanol–water partition coefficient (Wildman–Crippen LogP) is 2.44. The van der Waals surface area contributed by atoms with Crippen molar-refractivity contribution in [2.75, 3.05) is 6.54 Å². The molecule has 0 saturated heterocycles. The van der Waals surface area contributed by atoms with E-state index < -0.39 is 0 Å². The summed E-state index contributed by atoms with van der Waals surface area (Å²) in [5.41, 5.74) is 6.71. The molecule has 1 rings (SSSR count). The molecule has 0 fully saturated rings. The van der Waals surface area contributed by atoms with Crippen LogP contribution in [-0.2, 0) is 11.3 Å². The molecule has 1 aromatic carbocycles. The lowest BCUT2D eigenvalue weighted by Crippen LogP contribution is -2.41. The summed E-state index contributed by atoms with van der Waals surface area (Å²) in [5, 5.41) is 0. The second-order valence-electron chi connectivity index (χ2n) is 4.68. The number of rotatable bonds is 5. The van der Waals surface area contributed by atoms with Crippen molar-refractivity contribution in [3.63, 3.8) is 0 Å². The van der Waals surface area contributed by atoms with Crippen LogP contribution in [0, 0.1) is 5.92 Å². The SMILES string of the molecule is CC(CN)C(=O)N(Cc1ccccc1)C(C)C.Cl. The molecule has 1 unspecified atom stereocenters. The zero-order chi connectivity index (χ0) is 12.8. The third-order valence-corrected chi connectivity index (χ3v) is 2.88. The van der Waals surface area contributed by atoms with Gasteiger partial charge in [-0.3, -0.25) is 4.79 Å². The lowest BCUT2D eigenvalue weighted by Gasteiger charge is -2.29. The van der Waals surface area contributed by atoms with Crippen molar-refractivity contribution >= 4 is 18.3 Å². The molecule has 0 heterocycles. The molecule has 18 heavy (non-hydrogen) atoms. The Morgan fingerprint density at radius 2 is 1.78 bits per heavy atom. The highest BCUT2D eigenvalue weighted by atomic mass is 35.5. The number of carbonyl (C=O) groups is 1. The summed E-state index contributed by atoms with van der Waals surface area (Å²) in [6.45, 7) is 7.00. The van der Waals surface area contributed by atoms with Crippen molar-refractivity contribution in [1.29, 1.82) is 0 Å². The van der Waals surface area contributed by atoms with Gasteiger partial charge < -0.3 is 10.6 Å². The van der Waals surface area contributed by atoms with Gasteiger partial charge in [0.2, 0.25) is 5.91 Å². The van der Waals surface area contributed by atoms with E-state index >= 15 is 0 Å². The summed E-state index contributed by atoms with van der Waals surface area (Å²) in [6.07, 6.45) is 0. The minimum Gasteiger partial charge on any atom is -0.336 e. The first-order chi connectivity index (χ1) is 8.06. The molecule has 1 aromatic rings. The third kappa shape index (κ3) is 4.67. The lowest BCUT2D eigenvalue weighted by molar-refractivity contribution is -0.137. The minimum atomic E-state index is -0.110. The molecule has 0 spiro atoms. The van der Waals surface area contributed by atoms with Crippen LogP contribution in [0.4, 0.5) is 0 Å². The van der Waals surface area contributed by atoms with Crippen LogP contribution in [0.25, 0.3) is 0 Å². The van der Waals surface area contributed by atoms with Crippen LogP contribution in [-0.4, -0.2) is 23.4 Å². The maximum atomic E-state index is 12.2. The number of carbonyl (C=O) groups excluding carboxylic acids is 1. The van der Waals surface area contributed by atoms with E-state index in [2.05, 4.69) is 0 Å². The van der Waals surface area contributed by atoms with E-state index in [9.17, 15) is 4.79 Å². The second-order valence-corrected chi connectivity index (χ2v) is 4.68. The number of benzene rings is 1. The quantitative estimate of drug-likeness (QED) is 0.893. The largest absolute Gasteiger partial charge is 0.336 e. The number of hydrogen-bond donors (Lipinski definition) is 1. The summed E-state index contributed by atoms with van der Waals surface area (Å²) in [7, 11) is 0. The Hall–Kier alpha value is -1.06. The van der Waals surface area contributed by atoms with Gasteiger partial charge in [-0.15, -0.1) is 12.4 Å². The van der Waals surface area contributed by atoms with Crippen molar-refractivity contribution in [3.8, 4) is 0 Å². The Morgan fingerprint density at radius 1 is 1.22 bits per heavy atom. The van der Waals surface area contributed by atoms with Gasteiger partial charge in [0.1, 0.15) is 0 Å². The lowest BCUT2D eigenvalue weighted by atomic mass is 10.1. The highest BCUT2D eigenvalue weighted by molar-refractivity contribution is 5.85. The Kier molecular flexibility index (Phi) is 7.64. The van der Waals surface area contributed by atoms with Crippen molar-refractivity contribution in [3.05, 3.63) is 35.9 Å². The minimum absolute atomic E-state index is 0. The van der Waals surface area contributed by atoms with Crippen LogP contribution < -0.4 is 5.73 Å². The maximum absolute atomic E-state index is 12.2. The van der Waals surface area contributed by atoms with Gasteiger partial charge in [-0.2, -0.15) is 0 Å². The van der Waals surface area contributed by atoms with Gasteiger partial charge in [0, 0.05) is 25.0 Å². The molecule has 0 aromatic heterocycles. The number of nitrogens with two attached hydrogens (primary N) is 1. The fourth-order valence-corrected chi connectivity index (χ4v) is 1.68. The van der Waals surface area contributed by atoms with E-state index in [1.165, 1.54) is 0 Å². The monoisotopic (exact) mass is 270 g/mol. The molecule has 0 aliphatic carbocycles. The normalized spacial score (nSPS) is 11.8. The summed E-state index contributed by atoms with van der Waals surface area (Å²) < 4.78 is 0. The van der Waals surface area contributed by atoms with Crippen LogP contribution in [0.15, 0.2) is 30.3 Å². The first-order valence-corrected chi connectivity index (χ1v) is 6.10. The van der Waals surface area contributed by atoms with Gasteiger partial charge in [0.15, 0.2) is 0 Å². The molecule has 2 N–H and O–H groups in total. The van der Waals surface area contributed by atoms with Crippen molar-refractivity contribution in [1.82, 2.24) is 4.90 Å². The molecular formula is C14H23ClN2O. The number of halogens is 1. The van der Waals surface area contributed by atoms with Crippen LogP contribution in [0.2, 0.25) is 0 Å². The van der Waals surface area contributed by atoms with E-state index in [1.807, 2.05) is 56.0 Å². The van der Waals surface area contributed by atoms with Gasteiger partial charge in [-0.25, -0.2) is 0 Å². The van der Waals surface area contributed by atoms with Crippen LogP contribution in [0.5, 0.6) is 0 Å². The highest BCUT2D eigenvalue weighted by Crippen LogP contribution is 2.12. The fourth-order valence-electron chi connectivity index (χ4n) is 1.68. The number of amides is 1. The van der Waals surface area contributed by atoms with Crippen molar-refractivity contribution < 1.29 is 4.79 Å². The smallest absolute Gasteiger partial charge is 0.227 e. The summed E-state index contributed by atoms with van der Waals surface area (Å²) in [5.74, 6) is 0.0208. The van der Waals surface area contributed by atoms with E-state index in [4.69, 9.17) is 5.73 Å². The molecule has 0 radical (unpaired) electrons. The molecule has 0 aliphatic heterocycles. The van der Waals surface area contributed by atoms with Gasteiger partial charge in [-0.05, 0) is 19.4 Å². The van der Waals surface area contributed by atoms with Gasteiger partial charge in [0.25, 0.3) is 0 Å². The van der Waals surface area contributed by atoms with E-state index in [0.29, 0.717) is 13.1 Å². The van der Waals surface area contributed by atoms with Crippen molar-refractivity contribution in [2.45, 2.75) is 33.4 Å². The average molecular weight is 271 g/mol. The van der Waals surface area contributed by atoms with Gasteiger partial charge in [0.05, 0.1) is 0 Å². The maximum Gasteiger partial charge on any atom is 0.227 e. The Labute approximate surface area is 116 Å². The Bertz CT molecular complexity index is 354. The third-order valence-electron chi connectivity index (χ3n) is 2.88. The van der Waals surface area contributed by atoms with Crippen LogP contribution in [0.3, 0.4) is 0 Å². The first kappa shape index (κ1) is 16.9. The van der Waals surface area contributed by atoms with E-state index in [1.54, 1.807) is 0 Å².